The lowest BCUT2D eigenvalue weighted by Crippen LogP contribution is -2.35. The first-order valence-corrected chi connectivity index (χ1v) is 6.29. The summed E-state index contributed by atoms with van der Waals surface area (Å²) in [5, 5.41) is 5.89. The molecule has 0 aliphatic carbocycles. The van der Waals surface area contributed by atoms with Gasteiger partial charge in [-0.15, -0.1) is 6.58 Å². The predicted octanol–water partition coefficient (Wildman–Crippen LogP) is 2.40. The fourth-order valence-electron chi connectivity index (χ4n) is 1.42. The van der Waals surface area contributed by atoms with Crippen LogP contribution in [0.3, 0.4) is 0 Å². The molecule has 1 atom stereocenters. The van der Waals surface area contributed by atoms with E-state index in [0.717, 1.165) is 10.0 Å². The van der Waals surface area contributed by atoms with Crippen LogP contribution in [0, 0.1) is 0 Å². The number of nitrogens with one attached hydrogen (secondary N) is 2. The maximum absolute atomic E-state index is 11.6. The Bertz CT molecular complexity index is 376. The molecule has 0 unspecified atom stereocenters. The topological polar surface area (TPSA) is 41.1 Å². The highest BCUT2D eigenvalue weighted by atomic mass is 79.9. The number of carbonyl (C=O) groups is 1. The number of hydrogen-bond acceptors (Lipinski definition) is 2. The van der Waals surface area contributed by atoms with Crippen molar-refractivity contribution in [3.8, 4) is 0 Å². The zero-order valence-corrected chi connectivity index (χ0v) is 11.5. The zero-order valence-electron chi connectivity index (χ0n) is 9.87. The summed E-state index contributed by atoms with van der Waals surface area (Å²) in [5.74, 6) is -0.0118. The van der Waals surface area contributed by atoms with E-state index in [1.807, 2.05) is 31.2 Å². The van der Waals surface area contributed by atoms with Gasteiger partial charge in [-0.2, -0.15) is 0 Å². The summed E-state index contributed by atoms with van der Waals surface area (Å²) in [6.45, 7) is 6.49. The highest BCUT2D eigenvalue weighted by molar-refractivity contribution is 9.10. The van der Waals surface area contributed by atoms with Crippen LogP contribution >= 0.6 is 15.9 Å². The van der Waals surface area contributed by atoms with Crippen LogP contribution in [0.1, 0.15) is 18.5 Å². The SMILES string of the molecule is C=CCNCC(=O)N[C@@H](C)c1ccc(Br)cc1. The molecule has 0 aliphatic heterocycles. The van der Waals surface area contributed by atoms with Gasteiger partial charge in [0.15, 0.2) is 0 Å². The molecule has 0 bridgehead atoms. The van der Waals surface area contributed by atoms with Crippen molar-refractivity contribution in [2.24, 2.45) is 0 Å². The van der Waals surface area contributed by atoms with Crippen molar-refractivity contribution in [2.45, 2.75) is 13.0 Å². The summed E-state index contributed by atoms with van der Waals surface area (Å²) >= 11 is 3.38. The molecule has 0 heterocycles. The van der Waals surface area contributed by atoms with Gasteiger partial charge in [0, 0.05) is 11.0 Å². The molecule has 0 saturated carbocycles. The molecule has 4 heteroatoms. The molecule has 1 rings (SSSR count). The van der Waals surface area contributed by atoms with Crippen LogP contribution in [-0.2, 0) is 4.79 Å². The number of amides is 1. The monoisotopic (exact) mass is 296 g/mol. The molecule has 0 saturated heterocycles. The molecular weight excluding hydrogens is 280 g/mol. The summed E-state index contributed by atoms with van der Waals surface area (Å²) in [4.78, 5) is 11.6. The standard InChI is InChI=1S/C13H17BrN2O/c1-3-8-15-9-13(17)16-10(2)11-4-6-12(14)7-5-11/h3-7,10,15H,1,8-9H2,2H3,(H,16,17)/t10-/m0/s1. The molecular formula is C13H17BrN2O. The van der Waals surface area contributed by atoms with E-state index in [0.29, 0.717) is 13.1 Å². The average Bonchev–Trinajstić information content (AvgIpc) is 2.30. The van der Waals surface area contributed by atoms with Gasteiger partial charge >= 0.3 is 0 Å². The van der Waals surface area contributed by atoms with Gasteiger partial charge in [0.1, 0.15) is 0 Å². The first-order valence-electron chi connectivity index (χ1n) is 5.50. The molecule has 0 spiro atoms. The highest BCUT2D eigenvalue weighted by Crippen LogP contribution is 2.16. The lowest BCUT2D eigenvalue weighted by atomic mass is 10.1. The van der Waals surface area contributed by atoms with Crippen molar-refractivity contribution in [1.82, 2.24) is 10.6 Å². The van der Waals surface area contributed by atoms with Crippen LogP contribution in [0.5, 0.6) is 0 Å². The van der Waals surface area contributed by atoms with E-state index < -0.39 is 0 Å². The van der Waals surface area contributed by atoms with Crippen molar-refractivity contribution in [3.63, 3.8) is 0 Å². The first-order chi connectivity index (χ1) is 8.13. The summed E-state index contributed by atoms with van der Waals surface area (Å²) in [5.41, 5.74) is 1.09. The third-order valence-electron chi connectivity index (χ3n) is 2.32. The molecule has 92 valence electrons. The number of halogens is 1. The van der Waals surface area contributed by atoms with Crippen LogP contribution in [0.4, 0.5) is 0 Å². The highest BCUT2D eigenvalue weighted by Gasteiger charge is 2.08. The van der Waals surface area contributed by atoms with Crippen molar-refractivity contribution >= 4 is 21.8 Å². The molecule has 0 aliphatic rings. The number of rotatable bonds is 6. The van der Waals surface area contributed by atoms with Gasteiger partial charge in [0.25, 0.3) is 0 Å². The molecule has 0 radical (unpaired) electrons. The fraction of sp³-hybridized carbons (Fsp3) is 0.308. The number of benzene rings is 1. The van der Waals surface area contributed by atoms with E-state index in [1.165, 1.54) is 0 Å². The number of carbonyl (C=O) groups excluding carboxylic acids is 1. The Hall–Kier alpha value is -1.13. The molecule has 1 aromatic carbocycles. The predicted molar refractivity (Wildman–Crippen MR) is 73.8 cm³/mol. The van der Waals surface area contributed by atoms with E-state index in [9.17, 15) is 4.79 Å². The second-order valence-electron chi connectivity index (χ2n) is 3.76. The van der Waals surface area contributed by atoms with Gasteiger partial charge in [-0.25, -0.2) is 0 Å². The zero-order chi connectivity index (χ0) is 12.7. The molecule has 1 aromatic rings. The van der Waals surface area contributed by atoms with Gasteiger partial charge in [0.05, 0.1) is 12.6 Å². The molecule has 0 aromatic heterocycles. The summed E-state index contributed by atoms with van der Waals surface area (Å²) in [6.07, 6.45) is 1.73. The van der Waals surface area contributed by atoms with Crippen LogP contribution in [-0.4, -0.2) is 19.0 Å². The minimum Gasteiger partial charge on any atom is -0.348 e. The van der Waals surface area contributed by atoms with Gasteiger partial charge < -0.3 is 10.6 Å². The maximum atomic E-state index is 11.6. The lowest BCUT2D eigenvalue weighted by molar-refractivity contribution is -0.120. The Labute approximate surface area is 110 Å². The van der Waals surface area contributed by atoms with E-state index >= 15 is 0 Å². The Kier molecular flexibility index (Phi) is 5.94. The van der Waals surface area contributed by atoms with Crippen molar-refractivity contribution < 1.29 is 4.79 Å². The van der Waals surface area contributed by atoms with Gasteiger partial charge in [0.2, 0.25) is 5.91 Å². The second-order valence-corrected chi connectivity index (χ2v) is 4.68. The Morgan fingerprint density at radius 1 is 1.47 bits per heavy atom. The first kappa shape index (κ1) is 13.9. The Morgan fingerprint density at radius 3 is 2.71 bits per heavy atom. The lowest BCUT2D eigenvalue weighted by Gasteiger charge is -2.14. The fourth-order valence-corrected chi connectivity index (χ4v) is 1.68. The quantitative estimate of drug-likeness (QED) is 0.625. The normalized spacial score (nSPS) is 11.9. The van der Waals surface area contributed by atoms with Gasteiger partial charge in [-0.3, -0.25) is 4.79 Å². The molecule has 2 N–H and O–H groups in total. The Morgan fingerprint density at radius 2 is 2.12 bits per heavy atom. The van der Waals surface area contributed by atoms with E-state index in [1.54, 1.807) is 6.08 Å². The summed E-state index contributed by atoms with van der Waals surface area (Å²) in [6, 6.07) is 7.93. The van der Waals surface area contributed by atoms with Crippen LogP contribution in [0.15, 0.2) is 41.4 Å². The van der Waals surface area contributed by atoms with Crippen LogP contribution in [0.2, 0.25) is 0 Å². The molecule has 1 amide bonds. The smallest absolute Gasteiger partial charge is 0.234 e. The minimum atomic E-state index is -0.0118. The maximum Gasteiger partial charge on any atom is 0.234 e. The van der Waals surface area contributed by atoms with Gasteiger partial charge in [-0.05, 0) is 24.6 Å². The molecule has 0 fully saturated rings. The van der Waals surface area contributed by atoms with Crippen molar-refractivity contribution in [1.29, 1.82) is 0 Å². The Balaban J connectivity index is 2.42. The third-order valence-corrected chi connectivity index (χ3v) is 2.85. The molecule has 17 heavy (non-hydrogen) atoms. The van der Waals surface area contributed by atoms with Gasteiger partial charge in [-0.1, -0.05) is 34.1 Å². The largest absolute Gasteiger partial charge is 0.348 e. The van der Waals surface area contributed by atoms with Crippen LogP contribution in [0.25, 0.3) is 0 Å². The summed E-state index contributed by atoms with van der Waals surface area (Å²) < 4.78 is 1.03. The van der Waals surface area contributed by atoms with E-state index in [4.69, 9.17) is 0 Å². The minimum absolute atomic E-state index is 0.0118. The summed E-state index contributed by atoms with van der Waals surface area (Å²) in [7, 11) is 0. The second kappa shape index (κ2) is 7.25. The van der Waals surface area contributed by atoms with Crippen LogP contribution < -0.4 is 10.6 Å². The van der Waals surface area contributed by atoms with Crippen molar-refractivity contribution in [2.75, 3.05) is 13.1 Å². The van der Waals surface area contributed by atoms with Crippen molar-refractivity contribution in [3.05, 3.63) is 47.0 Å². The van der Waals surface area contributed by atoms with E-state index in [-0.39, 0.29) is 11.9 Å². The average molecular weight is 297 g/mol. The molecule has 3 nitrogen and oxygen atoms in total. The third kappa shape index (κ3) is 5.15. The van der Waals surface area contributed by atoms with E-state index in [2.05, 4.69) is 33.1 Å². The number of hydrogen-bond donors (Lipinski definition) is 2.